The highest BCUT2D eigenvalue weighted by Gasteiger charge is 2.29. The van der Waals surface area contributed by atoms with Crippen LogP contribution in [0.1, 0.15) is 23.2 Å². The molecule has 0 spiro atoms. The molecule has 0 aliphatic carbocycles. The molecule has 2 N–H and O–H groups in total. The zero-order chi connectivity index (χ0) is 16.2. The minimum atomic E-state index is -0.293. The van der Waals surface area contributed by atoms with Crippen molar-refractivity contribution in [3.63, 3.8) is 0 Å². The van der Waals surface area contributed by atoms with Crippen LogP contribution in [0.4, 0.5) is 5.95 Å². The Labute approximate surface area is 137 Å². The van der Waals surface area contributed by atoms with Crippen LogP contribution in [-0.2, 0) is 4.79 Å². The fourth-order valence-corrected chi connectivity index (χ4v) is 2.70. The lowest BCUT2D eigenvalue weighted by Crippen LogP contribution is -2.43. The number of aromatic nitrogens is 4. The van der Waals surface area contributed by atoms with Crippen LogP contribution in [0.2, 0.25) is 5.02 Å². The van der Waals surface area contributed by atoms with Crippen LogP contribution in [-0.4, -0.2) is 50.4 Å². The van der Waals surface area contributed by atoms with Crippen molar-refractivity contribution in [2.24, 2.45) is 5.92 Å². The van der Waals surface area contributed by atoms with E-state index in [4.69, 9.17) is 11.6 Å². The number of amides is 2. The number of carbonyl (C=O) groups is 2. The second kappa shape index (κ2) is 6.74. The topological polar surface area (TPSA) is 104 Å². The molecule has 8 nitrogen and oxygen atoms in total. The molecule has 2 heterocycles. The summed E-state index contributed by atoms with van der Waals surface area (Å²) in [7, 11) is 0. The van der Waals surface area contributed by atoms with Crippen molar-refractivity contribution >= 4 is 29.4 Å². The summed E-state index contributed by atoms with van der Waals surface area (Å²) < 4.78 is 0. The third-order valence-electron chi connectivity index (χ3n) is 3.75. The van der Waals surface area contributed by atoms with Crippen LogP contribution in [0.5, 0.6) is 0 Å². The fourth-order valence-electron chi connectivity index (χ4n) is 2.58. The number of H-pyrrole nitrogens is 1. The second-order valence-electron chi connectivity index (χ2n) is 5.32. The summed E-state index contributed by atoms with van der Waals surface area (Å²) in [5.41, 5.74) is 0.564. The lowest BCUT2D eigenvalue weighted by atomic mass is 9.96. The average molecular weight is 335 g/mol. The molecule has 1 atom stereocenters. The van der Waals surface area contributed by atoms with Gasteiger partial charge in [-0.2, -0.15) is 5.21 Å². The van der Waals surface area contributed by atoms with Crippen molar-refractivity contribution < 1.29 is 9.59 Å². The summed E-state index contributed by atoms with van der Waals surface area (Å²) in [6.07, 6.45) is 1.48. The van der Waals surface area contributed by atoms with E-state index in [2.05, 4.69) is 25.9 Å². The predicted molar refractivity (Wildman–Crippen MR) is 82.9 cm³/mol. The van der Waals surface area contributed by atoms with Gasteiger partial charge in [-0.15, -0.1) is 5.10 Å². The van der Waals surface area contributed by atoms with E-state index in [1.54, 1.807) is 29.2 Å². The number of rotatable bonds is 3. The van der Waals surface area contributed by atoms with Crippen molar-refractivity contribution in [3.8, 4) is 0 Å². The van der Waals surface area contributed by atoms with Gasteiger partial charge in [0, 0.05) is 23.7 Å². The summed E-state index contributed by atoms with van der Waals surface area (Å²) in [5, 5.41) is 16.2. The molecular weight excluding hydrogens is 320 g/mol. The summed E-state index contributed by atoms with van der Waals surface area (Å²) in [5.74, 6) is -0.464. The first-order chi connectivity index (χ1) is 11.1. The quantitative estimate of drug-likeness (QED) is 0.881. The number of likely N-dealkylation sites (tertiary alicyclic amines) is 1. The molecule has 0 saturated carbocycles. The molecule has 2 amide bonds. The normalized spacial score (nSPS) is 17.8. The van der Waals surface area contributed by atoms with E-state index >= 15 is 0 Å². The van der Waals surface area contributed by atoms with E-state index in [0.717, 1.165) is 6.42 Å². The highest BCUT2D eigenvalue weighted by Crippen LogP contribution is 2.20. The van der Waals surface area contributed by atoms with Crippen LogP contribution < -0.4 is 5.32 Å². The van der Waals surface area contributed by atoms with Gasteiger partial charge in [-0.25, -0.2) is 0 Å². The molecule has 120 valence electrons. The maximum Gasteiger partial charge on any atom is 0.269 e. The van der Waals surface area contributed by atoms with Gasteiger partial charge >= 0.3 is 0 Å². The third-order valence-corrected chi connectivity index (χ3v) is 4.00. The van der Waals surface area contributed by atoms with Gasteiger partial charge in [-0.3, -0.25) is 14.9 Å². The number of aromatic amines is 1. The Bertz CT molecular complexity index is 688. The number of nitrogens with zero attached hydrogens (tertiary/aromatic N) is 4. The zero-order valence-corrected chi connectivity index (χ0v) is 13.0. The number of hydrogen-bond acceptors (Lipinski definition) is 5. The molecule has 23 heavy (non-hydrogen) atoms. The van der Waals surface area contributed by atoms with Crippen molar-refractivity contribution in [1.29, 1.82) is 0 Å². The van der Waals surface area contributed by atoms with Crippen molar-refractivity contribution in [3.05, 3.63) is 34.9 Å². The van der Waals surface area contributed by atoms with Crippen LogP contribution in [0, 0.1) is 5.92 Å². The lowest BCUT2D eigenvalue weighted by molar-refractivity contribution is -0.121. The summed E-state index contributed by atoms with van der Waals surface area (Å²) >= 11 is 5.84. The average Bonchev–Trinajstić information content (AvgIpc) is 3.08. The van der Waals surface area contributed by atoms with Gasteiger partial charge in [0.15, 0.2) is 0 Å². The number of piperidine rings is 1. The molecule has 0 unspecified atom stereocenters. The van der Waals surface area contributed by atoms with Crippen molar-refractivity contribution in [1.82, 2.24) is 25.5 Å². The van der Waals surface area contributed by atoms with Crippen LogP contribution >= 0.6 is 11.6 Å². The van der Waals surface area contributed by atoms with E-state index in [1.165, 1.54) is 0 Å². The second-order valence-corrected chi connectivity index (χ2v) is 5.76. The molecular formula is C14H15ClN6O2. The van der Waals surface area contributed by atoms with E-state index in [1.807, 2.05) is 0 Å². The first-order valence-electron chi connectivity index (χ1n) is 7.22. The molecule has 1 aromatic carbocycles. The van der Waals surface area contributed by atoms with Gasteiger partial charge in [-0.1, -0.05) is 16.7 Å². The number of benzene rings is 1. The van der Waals surface area contributed by atoms with Crippen molar-refractivity contribution in [2.45, 2.75) is 12.8 Å². The maximum atomic E-state index is 12.5. The minimum Gasteiger partial charge on any atom is -0.338 e. The molecule has 1 aliphatic rings. The molecule has 2 aromatic rings. The molecule has 9 heteroatoms. The maximum absolute atomic E-state index is 12.5. The fraction of sp³-hybridized carbons (Fsp3) is 0.357. The smallest absolute Gasteiger partial charge is 0.269 e. The Morgan fingerprint density at radius 3 is 2.78 bits per heavy atom. The van der Waals surface area contributed by atoms with Gasteiger partial charge in [0.2, 0.25) is 5.91 Å². The van der Waals surface area contributed by atoms with Gasteiger partial charge in [0.25, 0.3) is 11.9 Å². The Hall–Kier alpha value is -2.48. The van der Waals surface area contributed by atoms with Gasteiger partial charge in [-0.05, 0) is 42.3 Å². The largest absolute Gasteiger partial charge is 0.338 e. The Morgan fingerprint density at radius 1 is 1.30 bits per heavy atom. The third kappa shape index (κ3) is 3.65. The monoisotopic (exact) mass is 334 g/mol. The number of halogens is 1. The van der Waals surface area contributed by atoms with Crippen LogP contribution in [0.3, 0.4) is 0 Å². The molecule has 1 aliphatic heterocycles. The summed E-state index contributed by atoms with van der Waals surface area (Å²) in [4.78, 5) is 26.4. The molecule has 0 radical (unpaired) electrons. The predicted octanol–water partition coefficient (Wildman–Crippen LogP) is 1.34. The first kappa shape index (κ1) is 15.4. The molecule has 1 saturated heterocycles. The number of tetrazole rings is 1. The zero-order valence-electron chi connectivity index (χ0n) is 12.2. The highest BCUT2D eigenvalue weighted by molar-refractivity contribution is 6.30. The number of carbonyl (C=O) groups excluding carboxylic acids is 2. The molecule has 3 rings (SSSR count). The van der Waals surface area contributed by atoms with Gasteiger partial charge in [0.1, 0.15) is 0 Å². The molecule has 1 aromatic heterocycles. The van der Waals surface area contributed by atoms with E-state index in [0.29, 0.717) is 30.1 Å². The SMILES string of the molecule is O=C(Nc1nn[nH]n1)[C@@H]1CCCN(C(=O)c2ccc(Cl)cc2)C1. The summed E-state index contributed by atoms with van der Waals surface area (Å²) in [6.45, 7) is 0.999. The van der Waals surface area contributed by atoms with Crippen LogP contribution in [0.15, 0.2) is 24.3 Å². The molecule has 0 bridgehead atoms. The van der Waals surface area contributed by atoms with Crippen molar-refractivity contribution in [2.75, 3.05) is 18.4 Å². The first-order valence-corrected chi connectivity index (χ1v) is 7.60. The lowest BCUT2D eigenvalue weighted by Gasteiger charge is -2.31. The number of anilines is 1. The van der Waals surface area contributed by atoms with Gasteiger partial charge < -0.3 is 4.90 Å². The Kier molecular flexibility index (Phi) is 4.52. The Morgan fingerprint density at radius 2 is 2.09 bits per heavy atom. The number of hydrogen-bond donors (Lipinski definition) is 2. The van der Waals surface area contributed by atoms with E-state index < -0.39 is 0 Å². The summed E-state index contributed by atoms with van der Waals surface area (Å²) in [6, 6.07) is 6.74. The van der Waals surface area contributed by atoms with E-state index in [9.17, 15) is 9.59 Å². The van der Waals surface area contributed by atoms with Gasteiger partial charge in [0.05, 0.1) is 5.92 Å². The highest BCUT2D eigenvalue weighted by atomic mass is 35.5. The standard InChI is InChI=1S/C14H15ClN6O2/c15-11-5-3-9(4-6-11)13(23)21-7-1-2-10(8-21)12(22)16-14-17-19-20-18-14/h3-6,10H,1-2,7-8H2,(H2,16,17,18,19,20,22)/t10-/m1/s1. The van der Waals surface area contributed by atoms with E-state index in [-0.39, 0.29) is 23.7 Å². The van der Waals surface area contributed by atoms with Crippen LogP contribution in [0.25, 0.3) is 0 Å². The minimum absolute atomic E-state index is 0.0984. The molecule has 1 fully saturated rings. The number of nitrogens with one attached hydrogen (secondary N) is 2. The Balaban J connectivity index is 1.64.